The van der Waals surface area contributed by atoms with Gasteiger partial charge in [-0.15, -0.1) is 16.4 Å². The Hall–Kier alpha value is -3.11. The van der Waals surface area contributed by atoms with Crippen molar-refractivity contribution in [3.8, 4) is 16.9 Å². The van der Waals surface area contributed by atoms with Gasteiger partial charge in [-0.3, -0.25) is 4.79 Å². The van der Waals surface area contributed by atoms with Gasteiger partial charge in [0.1, 0.15) is 6.33 Å². The van der Waals surface area contributed by atoms with E-state index in [4.69, 9.17) is 4.98 Å². The molecule has 8 nitrogen and oxygen atoms in total. The van der Waals surface area contributed by atoms with Crippen LogP contribution in [0, 0.1) is 0 Å². The van der Waals surface area contributed by atoms with Crippen LogP contribution in [0.15, 0.2) is 52.8 Å². The molecule has 1 aliphatic heterocycles. The van der Waals surface area contributed by atoms with Gasteiger partial charge in [-0.25, -0.2) is 9.67 Å². The Morgan fingerprint density at radius 2 is 1.97 bits per heavy atom. The van der Waals surface area contributed by atoms with Gasteiger partial charge >= 0.3 is 0 Å². The van der Waals surface area contributed by atoms with E-state index < -0.39 is 0 Å². The summed E-state index contributed by atoms with van der Waals surface area (Å²) < 4.78 is 1.54. The maximum atomic E-state index is 13.0. The van der Waals surface area contributed by atoms with E-state index in [0.717, 1.165) is 35.2 Å². The lowest BCUT2D eigenvalue weighted by molar-refractivity contribution is 0.0746. The number of aromatic nitrogens is 5. The number of tetrazole rings is 1. The Kier molecular flexibility index (Phi) is 4.78. The lowest BCUT2D eigenvalue weighted by atomic mass is 10.1. The molecule has 1 saturated heterocycles. The second-order valence-corrected chi connectivity index (χ2v) is 8.23. The Morgan fingerprint density at radius 3 is 2.72 bits per heavy atom. The summed E-state index contributed by atoms with van der Waals surface area (Å²) in [5, 5.41) is 18.5. The van der Waals surface area contributed by atoms with Gasteiger partial charge in [0.25, 0.3) is 5.91 Å². The molecular weight excluding hydrogens is 406 g/mol. The quantitative estimate of drug-likeness (QED) is 0.502. The Balaban J connectivity index is 1.25. The Bertz CT molecular complexity index is 1100. The van der Waals surface area contributed by atoms with Crippen molar-refractivity contribution in [1.82, 2.24) is 30.1 Å². The number of piperazine rings is 1. The molecule has 3 aromatic heterocycles. The van der Waals surface area contributed by atoms with E-state index in [9.17, 15) is 4.79 Å². The van der Waals surface area contributed by atoms with E-state index in [-0.39, 0.29) is 5.91 Å². The number of carbonyl (C=O) groups excluding carboxylic acids is 1. The summed E-state index contributed by atoms with van der Waals surface area (Å²) in [4.78, 5) is 21.9. The van der Waals surface area contributed by atoms with Crippen molar-refractivity contribution in [2.75, 3.05) is 31.1 Å². The maximum Gasteiger partial charge on any atom is 0.254 e. The first kappa shape index (κ1) is 18.0. The van der Waals surface area contributed by atoms with Crippen LogP contribution in [-0.2, 0) is 0 Å². The molecule has 1 fully saturated rings. The summed E-state index contributed by atoms with van der Waals surface area (Å²) >= 11 is 3.33. The second-order valence-electron chi connectivity index (χ2n) is 6.61. The first-order valence-electron chi connectivity index (χ1n) is 9.14. The van der Waals surface area contributed by atoms with Gasteiger partial charge in [0.05, 0.1) is 11.4 Å². The highest BCUT2D eigenvalue weighted by Crippen LogP contribution is 2.29. The third kappa shape index (κ3) is 3.64. The summed E-state index contributed by atoms with van der Waals surface area (Å²) in [6.45, 7) is 2.88. The first-order valence-corrected chi connectivity index (χ1v) is 11.0. The highest BCUT2D eigenvalue weighted by molar-refractivity contribution is 7.14. The molecule has 1 aliphatic rings. The zero-order valence-electron chi connectivity index (χ0n) is 15.4. The van der Waals surface area contributed by atoms with Crippen LogP contribution in [-0.4, -0.2) is 62.2 Å². The molecule has 0 unspecified atom stereocenters. The zero-order valence-corrected chi connectivity index (χ0v) is 17.0. The highest BCUT2D eigenvalue weighted by atomic mass is 32.1. The minimum absolute atomic E-state index is 0.0256. The van der Waals surface area contributed by atoms with Crippen LogP contribution in [0.5, 0.6) is 0 Å². The van der Waals surface area contributed by atoms with Crippen LogP contribution in [0.3, 0.4) is 0 Å². The smallest absolute Gasteiger partial charge is 0.254 e. The SMILES string of the molecule is O=C(c1cccc(-n2cnnn2)c1)N1CCN(c2nc(-c3ccsc3)cs2)CC1. The van der Waals surface area contributed by atoms with Gasteiger partial charge in [-0.05, 0) is 40.1 Å². The molecular formula is C19H17N7OS2. The second kappa shape index (κ2) is 7.72. The Morgan fingerprint density at radius 1 is 1.07 bits per heavy atom. The molecule has 10 heteroatoms. The first-order chi connectivity index (χ1) is 14.3. The minimum atomic E-state index is 0.0256. The molecule has 4 aromatic rings. The third-order valence-corrected chi connectivity index (χ3v) is 6.44. The fraction of sp³-hybridized carbons (Fsp3) is 0.211. The molecule has 29 heavy (non-hydrogen) atoms. The molecule has 146 valence electrons. The van der Waals surface area contributed by atoms with E-state index in [1.807, 2.05) is 29.2 Å². The van der Waals surface area contributed by atoms with Crippen LogP contribution in [0.1, 0.15) is 10.4 Å². The summed E-state index contributed by atoms with van der Waals surface area (Å²) in [6, 6.07) is 9.46. The number of thiophene rings is 1. The Labute approximate surface area is 175 Å². The molecule has 1 amide bonds. The van der Waals surface area contributed by atoms with E-state index in [0.29, 0.717) is 18.7 Å². The molecule has 0 radical (unpaired) electrons. The molecule has 0 N–H and O–H groups in total. The van der Waals surface area contributed by atoms with Crippen LogP contribution >= 0.6 is 22.7 Å². The lowest BCUT2D eigenvalue weighted by Gasteiger charge is -2.34. The maximum absolute atomic E-state index is 13.0. The normalized spacial score (nSPS) is 14.3. The van der Waals surface area contributed by atoms with Crippen molar-refractivity contribution >= 4 is 33.7 Å². The largest absolute Gasteiger partial charge is 0.345 e. The molecule has 4 heterocycles. The summed E-state index contributed by atoms with van der Waals surface area (Å²) in [7, 11) is 0. The third-order valence-electron chi connectivity index (χ3n) is 4.85. The van der Waals surface area contributed by atoms with Crippen LogP contribution in [0.2, 0.25) is 0 Å². The van der Waals surface area contributed by atoms with Gasteiger partial charge in [0, 0.05) is 48.1 Å². The number of anilines is 1. The predicted molar refractivity (Wildman–Crippen MR) is 113 cm³/mol. The van der Waals surface area contributed by atoms with Gasteiger partial charge in [0.15, 0.2) is 5.13 Å². The van der Waals surface area contributed by atoms with Crippen LogP contribution in [0.25, 0.3) is 16.9 Å². The van der Waals surface area contributed by atoms with Gasteiger partial charge in [0.2, 0.25) is 0 Å². The number of amides is 1. The number of hydrogen-bond acceptors (Lipinski definition) is 8. The average molecular weight is 424 g/mol. The van der Waals surface area contributed by atoms with Crippen molar-refractivity contribution in [2.45, 2.75) is 0 Å². The van der Waals surface area contributed by atoms with Crippen LogP contribution < -0.4 is 4.90 Å². The average Bonchev–Trinajstić information content (AvgIpc) is 3.55. The van der Waals surface area contributed by atoms with Crippen molar-refractivity contribution in [3.05, 3.63) is 58.4 Å². The molecule has 0 spiro atoms. The summed E-state index contributed by atoms with van der Waals surface area (Å²) in [5.41, 5.74) is 3.58. The van der Waals surface area contributed by atoms with Gasteiger partial charge < -0.3 is 9.80 Å². The number of nitrogens with zero attached hydrogens (tertiary/aromatic N) is 7. The summed E-state index contributed by atoms with van der Waals surface area (Å²) in [5.74, 6) is 0.0256. The number of carbonyl (C=O) groups is 1. The van der Waals surface area contributed by atoms with E-state index in [2.05, 4.69) is 42.6 Å². The minimum Gasteiger partial charge on any atom is -0.345 e. The number of hydrogen-bond donors (Lipinski definition) is 0. The lowest BCUT2D eigenvalue weighted by Crippen LogP contribution is -2.48. The van der Waals surface area contributed by atoms with Crippen LogP contribution in [0.4, 0.5) is 5.13 Å². The van der Waals surface area contributed by atoms with Gasteiger partial charge in [-0.1, -0.05) is 6.07 Å². The highest BCUT2D eigenvalue weighted by Gasteiger charge is 2.24. The predicted octanol–water partition coefficient (Wildman–Crippen LogP) is 2.81. The van der Waals surface area contributed by atoms with Crippen molar-refractivity contribution in [3.63, 3.8) is 0 Å². The molecule has 0 bridgehead atoms. The fourth-order valence-corrected chi connectivity index (χ4v) is 4.83. The molecule has 0 aliphatic carbocycles. The number of rotatable bonds is 4. The van der Waals surface area contributed by atoms with Gasteiger partial charge in [-0.2, -0.15) is 11.3 Å². The van der Waals surface area contributed by atoms with Crippen molar-refractivity contribution in [1.29, 1.82) is 0 Å². The summed E-state index contributed by atoms with van der Waals surface area (Å²) in [6.07, 6.45) is 1.51. The van der Waals surface area contributed by atoms with E-state index >= 15 is 0 Å². The van der Waals surface area contributed by atoms with Crippen molar-refractivity contribution < 1.29 is 4.79 Å². The standard InChI is InChI=1S/C19H17N7OS2/c27-18(14-2-1-3-16(10-14)26-13-20-22-23-26)24-5-7-25(8-6-24)19-21-17(12-29-19)15-4-9-28-11-15/h1-4,9-13H,5-8H2. The molecule has 0 saturated carbocycles. The van der Waals surface area contributed by atoms with E-state index in [1.165, 1.54) is 6.33 Å². The topological polar surface area (TPSA) is 80.0 Å². The number of benzene rings is 1. The molecule has 1 aromatic carbocycles. The zero-order chi connectivity index (χ0) is 19.6. The molecule has 0 atom stereocenters. The fourth-order valence-electron chi connectivity index (χ4n) is 3.30. The number of thiazole rings is 1. The molecule has 5 rings (SSSR count). The monoisotopic (exact) mass is 423 g/mol. The van der Waals surface area contributed by atoms with Crippen molar-refractivity contribution in [2.24, 2.45) is 0 Å². The van der Waals surface area contributed by atoms with E-state index in [1.54, 1.807) is 27.4 Å².